The highest BCUT2D eigenvalue weighted by molar-refractivity contribution is 5.96. The average Bonchev–Trinajstić information content (AvgIpc) is 3.79. The van der Waals surface area contributed by atoms with Crippen LogP contribution in [0.3, 0.4) is 0 Å². The Morgan fingerprint density at radius 2 is 0.981 bits per heavy atom. The number of fused-ring (bicyclic) bond motifs is 10. The minimum atomic E-state index is -0.717. The number of benzene rings is 7. The molecule has 1 aliphatic heterocycles. The third-order valence-electron chi connectivity index (χ3n) is 10.4. The molecule has 2 aromatic heterocycles. The highest BCUT2D eigenvalue weighted by Gasteiger charge is 2.52. The Balaban J connectivity index is 1.23. The summed E-state index contributed by atoms with van der Waals surface area (Å²) in [7, 11) is 0. The number of oxazole rings is 1. The fourth-order valence-electron chi connectivity index (χ4n) is 8.19. The van der Waals surface area contributed by atoms with Crippen LogP contribution >= 0.6 is 0 Å². The maximum atomic E-state index is 6.63. The van der Waals surface area contributed by atoms with Crippen LogP contribution in [0.1, 0.15) is 22.3 Å². The van der Waals surface area contributed by atoms with Gasteiger partial charge in [-0.05, 0) is 58.7 Å². The van der Waals surface area contributed by atoms with Gasteiger partial charge in [0, 0.05) is 33.4 Å². The molecule has 0 saturated heterocycles. The first-order chi connectivity index (χ1) is 26.3. The molecule has 2 aliphatic rings. The maximum absolute atomic E-state index is 6.63. The summed E-state index contributed by atoms with van der Waals surface area (Å²) in [4.78, 5) is 20.3. The van der Waals surface area contributed by atoms with Crippen molar-refractivity contribution >= 4 is 11.1 Å². The molecule has 11 rings (SSSR count). The number of para-hydroxylation sites is 4. The Labute approximate surface area is 305 Å². The zero-order valence-electron chi connectivity index (χ0n) is 28.3. The number of rotatable bonds is 4. The Bertz CT molecular complexity index is 2750. The van der Waals surface area contributed by atoms with E-state index < -0.39 is 5.41 Å². The minimum absolute atomic E-state index is 0.575. The van der Waals surface area contributed by atoms with Crippen molar-refractivity contribution in [1.82, 2.24) is 19.9 Å². The Hall–Kier alpha value is -7.18. The molecule has 0 amide bonds. The van der Waals surface area contributed by atoms with E-state index in [1.165, 1.54) is 0 Å². The molecule has 0 fully saturated rings. The molecule has 9 aromatic rings. The van der Waals surface area contributed by atoms with E-state index in [2.05, 4.69) is 72.8 Å². The smallest absolute Gasteiger partial charge is 0.227 e. The van der Waals surface area contributed by atoms with Crippen LogP contribution in [0.4, 0.5) is 0 Å². The van der Waals surface area contributed by atoms with Crippen molar-refractivity contribution in [3.05, 3.63) is 192 Å². The molecule has 0 unspecified atom stereocenters. The van der Waals surface area contributed by atoms with Crippen molar-refractivity contribution in [1.29, 1.82) is 0 Å². The first kappa shape index (κ1) is 29.5. The quantitative estimate of drug-likeness (QED) is 0.184. The summed E-state index contributed by atoms with van der Waals surface area (Å²) in [6.07, 6.45) is 0. The van der Waals surface area contributed by atoms with Crippen LogP contribution in [0.15, 0.2) is 174 Å². The molecule has 7 aromatic carbocycles. The van der Waals surface area contributed by atoms with E-state index in [4.69, 9.17) is 29.1 Å². The largest absolute Gasteiger partial charge is 0.457 e. The lowest BCUT2D eigenvalue weighted by Gasteiger charge is -2.39. The molecule has 0 radical (unpaired) electrons. The van der Waals surface area contributed by atoms with Crippen LogP contribution in [-0.2, 0) is 5.41 Å². The van der Waals surface area contributed by atoms with Gasteiger partial charge in [0.2, 0.25) is 5.89 Å². The molecular weight excluding hydrogens is 653 g/mol. The van der Waals surface area contributed by atoms with Crippen molar-refractivity contribution in [2.24, 2.45) is 0 Å². The van der Waals surface area contributed by atoms with E-state index in [1.807, 2.05) is 97.1 Å². The van der Waals surface area contributed by atoms with Gasteiger partial charge in [-0.25, -0.2) is 19.9 Å². The fraction of sp³-hybridized carbons (Fsp3) is 0.0213. The van der Waals surface area contributed by atoms with Crippen molar-refractivity contribution in [2.45, 2.75) is 5.41 Å². The molecule has 53 heavy (non-hydrogen) atoms. The monoisotopic (exact) mass is 680 g/mol. The number of hydrogen-bond acceptors (Lipinski definition) is 6. The second-order valence-electron chi connectivity index (χ2n) is 13.4. The van der Waals surface area contributed by atoms with Gasteiger partial charge < -0.3 is 9.15 Å². The molecule has 6 heteroatoms. The first-order valence-electron chi connectivity index (χ1n) is 17.6. The van der Waals surface area contributed by atoms with E-state index in [0.717, 1.165) is 78.2 Å². The highest BCUT2D eigenvalue weighted by atomic mass is 16.5. The summed E-state index contributed by atoms with van der Waals surface area (Å²) < 4.78 is 13.0. The molecular formula is C47H28N4O2. The van der Waals surface area contributed by atoms with Gasteiger partial charge in [-0.1, -0.05) is 133 Å². The molecule has 0 N–H and O–H groups in total. The van der Waals surface area contributed by atoms with E-state index in [0.29, 0.717) is 23.4 Å². The number of nitrogens with zero attached hydrogens (tertiary/aromatic N) is 4. The van der Waals surface area contributed by atoms with E-state index in [1.54, 1.807) is 0 Å². The van der Waals surface area contributed by atoms with Crippen LogP contribution < -0.4 is 4.74 Å². The topological polar surface area (TPSA) is 73.9 Å². The van der Waals surface area contributed by atoms with Crippen LogP contribution in [-0.4, -0.2) is 19.9 Å². The fourth-order valence-corrected chi connectivity index (χ4v) is 8.19. The second kappa shape index (κ2) is 11.4. The molecule has 1 aliphatic carbocycles. The molecule has 6 nitrogen and oxygen atoms in total. The molecule has 0 saturated carbocycles. The van der Waals surface area contributed by atoms with Crippen molar-refractivity contribution in [3.8, 4) is 68.2 Å². The van der Waals surface area contributed by atoms with Gasteiger partial charge in [0.1, 0.15) is 17.0 Å². The maximum Gasteiger partial charge on any atom is 0.227 e. The normalized spacial score (nSPS) is 13.2. The van der Waals surface area contributed by atoms with Gasteiger partial charge in [-0.2, -0.15) is 0 Å². The average molecular weight is 681 g/mol. The van der Waals surface area contributed by atoms with Gasteiger partial charge in [0.05, 0.1) is 5.41 Å². The Morgan fingerprint density at radius 3 is 1.66 bits per heavy atom. The summed E-state index contributed by atoms with van der Waals surface area (Å²) in [5, 5.41) is 0. The van der Waals surface area contributed by atoms with Crippen molar-refractivity contribution in [2.75, 3.05) is 0 Å². The third-order valence-corrected chi connectivity index (χ3v) is 10.4. The van der Waals surface area contributed by atoms with E-state index >= 15 is 0 Å². The predicted molar refractivity (Wildman–Crippen MR) is 207 cm³/mol. The zero-order valence-corrected chi connectivity index (χ0v) is 28.3. The third kappa shape index (κ3) is 4.39. The predicted octanol–water partition coefficient (Wildman–Crippen LogP) is 11.1. The molecule has 3 heterocycles. The van der Waals surface area contributed by atoms with Gasteiger partial charge in [-0.15, -0.1) is 0 Å². The Kier molecular flexibility index (Phi) is 6.36. The molecule has 0 atom stereocenters. The number of aromatic nitrogens is 4. The standard InChI is InChI=1S/C47H28N4O2/c1-3-14-29(15-4-1)43-49-44(30-16-5-2-6-17-30)51-45(50-43)33-18-13-21-36-42(33)32-27-26-31(46-48-38-22-9-12-25-41(38)53-46)28-37(32)47(36)34-19-7-10-23-39(34)52-40-24-11-8-20-35(40)47/h1-28H. The summed E-state index contributed by atoms with van der Waals surface area (Å²) in [5.74, 6) is 4.06. The SMILES string of the molecule is c1ccc(-c2nc(-c3ccccc3)nc(-c3cccc4c3-c3ccc(-c5nc6ccccc6o5)cc3C43c4ccccc4Oc4ccccc43)n2)cc1. The van der Waals surface area contributed by atoms with Gasteiger partial charge in [-0.3, -0.25) is 0 Å². The summed E-state index contributed by atoms with van der Waals surface area (Å²) in [6.45, 7) is 0. The van der Waals surface area contributed by atoms with Crippen LogP contribution in [0, 0.1) is 0 Å². The molecule has 1 spiro atoms. The van der Waals surface area contributed by atoms with Crippen LogP contribution in [0.2, 0.25) is 0 Å². The zero-order chi connectivity index (χ0) is 34.9. The highest BCUT2D eigenvalue weighted by Crippen LogP contribution is 2.63. The number of ether oxygens (including phenoxy) is 1. The summed E-state index contributed by atoms with van der Waals surface area (Å²) in [6, 6.07) is 57.9. The van der Waals surface area contributed by atoms with Gasteiger partial charge in [0.15, 0.2) is 23.1 Å². The summed E-state index contributed by atoms with van der Waals surface area (Å²) >= 11 is 0. The lowest BCUT2D eigenvalue weighted by molar-refractivity contribution is 0.436. The summed E-state index contributed by atoms with van der Waals surface area (Å²) in [5.41, 5.74) is 11.1. The van der Waals surface area contributed by atoms with Gasteiger partial charge >= 0.3 is 0 Å². The van der Waals surface area contributed by atoms with Crippen LogP contribution in [0.5, 0.6) is 11.5 Å². The number of hydrogen-bond donors (Lipinski definition) is 0. The molecule has 248 valence electrons. The minimum Gasteiger partial charge on any atom is -0.457 e. The first-order valence-corrected chi connectivity index (χ1v) is 17.6. The van der Waals surface area contributed by atoms with E-state index in [9.17, 15) is 0 Å². The van der Waals surface area contributed by atoms with Crippen LogP contribution in [0.25, 0.3) is 67.8 Å². The molecule has 0 bridgehead atoms. The van der Waals surface area contributed by atoms with Crippen molar-refractivity contribution in [3.63, 3.8) is 0 Å². The lowest BCUT2D eigenvalue weighted by Crippen LogP contribution is -2.32. The second-order valence-corrected chi connectivity index (χ2v) is 13.4. The Morgan fingerprint density at radius 1 is 0.396 bits per heavy atom. The lowest BCUT2D eigenvalue weighted by atomic mass is 9.66. The van der Waals surface area contributed by atoms with E-state index in [-0.39, 0.29) is 0 Å². The van der Waals surface area contributed by atoms with Crippen molar-refractivity contribution < 1.29 is 9.15 Å². The van der Waals surface area contributed by atoms with Gasteiger partial charge in [0.25, 0.3) is 0 Å².